The molecule has 0 aromatic carbocycles. The van der Waals surface area contributed by atoms with Crippen LogP contribution in [0, 0.1) is 5.21 Å². The summed E-state index contributed by atoms with van der Waals surface area (Å²) >= 11 is 0. The van der Waals surface area contributed by atoms with Crippen LogP contribution in [0.1, 0.15) is 31.2 Å². The van der Waals surface area contributed by atoms with Crippen molar-refractivity contribution in [3.8, 4) is 0 Å². The monoisotopic (exact) mass is 256 g/mol. The fraction of sp³-hybridized carbons (Fsp3) is 0.556. The van der Waals surface area contributed by atoms with Gasteiger partial charge >= 0.3 is 0 Å². The van der Waals surface area contributed by atoms with Crippen molar-refractivity contribution < 1.29 is 25.1 Å². The minimum atomic E-state index is -1.79. The lowest BCUT2D eigenvalue weighted by atomic mass is 9.80. The minimum absolute atomic E-state index is 0.0143. The highest BCUT2D eigenvalue weighted by atomic mass is 16.8. The van der Waals surface area contributed by atoms with Crippen molar-refractivity contribution in [3.63, 3.8) is 0 Å². The molecule has 1 atom stereocenters. The fourth-order valence-electron chi connectivity index (χ4n) is 2.09. The molecule has 98 valence electrons. The second-order valence-corrected chi connectivity index (χ2v) is 4.14. The second kappa shape index (κ2) is 4.26. The van der Waals surface area contributed by atoms with Gasteiger partial charge in [-0.2, -0.15) is 0 Å². The first-order valence-electron chi connectivity index (χ1n) is 5.23. The zero-order valence-electron chi connectivity index (χ0n) is 9.57. The lowest BCUT2D eigenvalue weighted by Crippen LogP contribution is -2.44. The van der Waals surface area contributed by atoms with E-state index in [4.69, 9.17) is 10.4 Å². The molecule has 1 aliphatic carbocycles. The first kappa shape index (κ1) is 12.3. The molecule has 18 heavy (non-hydrogen) atoms. The number of fused-ring (bicyclic) bond motifs is 1. The second-order valence-electron chi connectivity index (χ2n) is 4.14. The molecule has 1 unspecified atom stereocenters. The molecule has 3 N–H and O–H groups in total. The third kappa shape index (κ3) is 1.68. The molecule has 0 saturated carbocycles. The fourth-order valence-corrected chi connectivity index (χ4v) is 2.09. The van der Waals surface area contributed by atoms with Crippen molar-refractivity contribution in [2.75, 3.05) is 0 Å². The Kier molecular flexibility index (Phi) is 2.91. The van der Waals surface area contributed by atoms with E-state index in [1.165, 1.54) is 6.92 Å². The van der Waals surface area contributed by atoms with Crippen LogP contribution in [0.25, 0.3) is 0 Å². The molecule has 1 aliphatic rings. The zero-order chi connectivity index (χ0) is 13.3. The molecule has 0 fully saturated rings. The Morgan fingerprint density at radius 2 is 2.28 bits per heavy atom. The van der Waals surface area contributed by atoms with Crippen molar-refractivity contribution in [2.45, 2.75) is 31.8 Å². The van der Waals surface area contributed by atoms with Crippen LogP contribution >= 0.6 is 0 Å². The van der Waals surface area contributed by atoms with E-state index in [2.05, 4.69) is 20.1 Å². The summed E-state index contributed by atoms with van der Waals surface area (Å²) in [6, 6.07) is 0. The Bertz CT molecular complexity index is 523. The highest BCUT2D eigenvalue weighted by Gasteiger charge is 2.49. The molecule has 0 radical (unpaired) electrons. The highest BCUT2D eigenvalue weighted by molar-refractivity contribution is 5.98. The van der Waals surface area contributed by atoms with Crippen LogP contribution in [0.5, 0.6) is 0 Å². The Labute approximate surface area is 101 Å². The molecular formula is C9H12N4O5. The molecule has 9 nitrogen and oxygen atoms in total. The summed E-state index contributed by atoms with van der Waals surface area (Å²) in [4.78, 5) is 0.208. The molecular weight excluding hydrogens is 244 g/mol. The molecule has 0 amide bonds. The number of hydrogen-bond donors (Lipinski definition) is 3. The normalized spacial score (nSPS) is 26.3. The first-order chi connectivity index (χ1) is 8.52. The Morgan fingerprint density at radius 1 is 1.56 bits per heavy atom. The largest absolute Gasteiger partial charge is 0.411 e. The number of aromatic nitrogens is 2. The van der Waals surface area contributed by atoms with Crippen molar-refractivity contribution in [1.29, 1.82) is 0 Å². The van der Waals surface area contributed by atoms with E-state index >= 15 is 0 Å². The van der Waals surface area contributed by atoms with E-state index in [1.807, 2.05) is 0 Å². The van der Waals surface area contributed by atoms with Crippen LogP contribution in [0.4, 0.5) is 0 Å². The SMILES string of the molecule is C/C(CC1(O)/C(=N/O)CCc2c1no[n+]2[O-])=N\O. The quantitative estimate of drug-likeness (QED) is 0.282. The van der Waals surface area contributed by atoms with E-state index < -0.39 is 5.60 Å². The third-order valence-corrected chi connectivity index (χ3v) is 2.97. The molecule has 0 aliphatic heterocycles. The summed E-state index contributed by atoms with van der Waals surface area (Å²) in [6.45, 7) is 1.48. The van der Waals surface area contributed by atoms with E-state index in [1.54, 1.807) is 0 Å². The standard InChI is InChI=1S/C9H12N4O5/c1-5(10-15)4-9(14)7(11-16)3-2-6-8(9)12-18-13(6)17/h14-16H,2-4H2,1H3/b10-5+,11-7+. The van der Waals surface area contributed by atoms with Gasteiger partial charge in [-0.05, 0) is 11.8 Å². The van der Waals surface area contributed by atoms with Crippen LogP contribution in [0.2, 0.25) is 0 Å². The van der Waals surface area contributed by atoms with Gasteiger partial charge in [0.1, 0.15) is 0 Å². The van der Waals surface area contributed by atoms with E-state index in [9.17, 15) is 10.3 Å². The van der Waals surface area contributed by atoms with Gasteiger partial charge in [-0.1, -0.05) is 10.3 Å². The van der Waals surface area contributed by atoms with Crippen LogP contribution in [0.3, 0.4) is 0 Å². The van der Waals surface area contributed by atoms with Crippen LogP contribution in [0.15, 0.2) is 14.9 Å². The number of aliphatic hydroxyl groups is 1. The Hall–Kier alpha value is -2.16. The maximum absolute atomic E-state index is 11.3. The van der Waals surface area contributed by atoms with E-state index in [0.29, 0.717) is 0 Å². The van der Waals surface area contributed by atoms with Crippen molar-refractivity contribution in [2.24, 2.45) is 10.3 Å². The van der Waals surface area contributed by atoms with Crippen LogP contribution < -0.4 is 4.90 Å². The average Bonchev–Trinajstić information content (AvgIpc) is 2.72. The van der Waals surface area contributed by atoms with E-state index in [0.717, 1.165) is 0 Å². The number of oxime groups is 2. The van der Waals surface area contributed by atoms with Crippen molar-refractivity contribution >= 4 is 11.4 Å². The van der Waals surface area contributed by atoms with Gasteiger partial charge in [0.2, 0.25) is 5.69 Å². The summed E-state index contributed by atoms with van der Waals surface area (Å²) in [5.74, 6) is 0. The topological polar surface area (TPSA) is 138 Å². The van der Waals surface area contributed by atoms with Crippen molar-refractivity contribution in [3.05, 3.63) is 16.6 Å². The Morgan fingerprint density at radius 3 is 2.89 bits per heavy atom. The average molecular weight is 256 g/mol. The predicted molar refractivity (Wildman–Crippen MR) is 56.4 cm³/mol. The molecule has 1 aromatic heterocycles. The van der Waals surface area contributed by atoms with Crippen LogP contribution in [-0.4, -0.2) is 32.1 Å². The smallest absolute Gasteiger partial charge is 0.258 e. The molecule has 1 heterocycles. The van der Waals surface area contributed by atoms with Gasteiger partial charge in [0.25, 0.3) is 5.69 Å². The maximum Gasteiger partial charge on any atom is 0.258 e. The van der Waals surface area contributed by atoms with Gasteiger partial charge in [0.05, 0.1) is 11.4 Å². The lowest BCUT2D eigenvalue weighted by molar-refractivity contribution is -0.808. The van der Waals surface area contributed by atoms with Crippen LogP contribution in [-0.2, 0) is 12.0 Å². The van der Waals surface area contributed by atoms with Gasteiger partial charge < -0.3 is 20.7 Å². The lowest BCUT2D eigenvalue weighted by Gasteiger charge is -2.27. The summed E-state index contributed by atoms with van der Waals surface area (Å²) in [5.41, 5.74) is -1.38. The third-order valence-electron chi connectivity index (χ3n) is 2.97. The predicted octanol–water partition coefficient (Wildman–Crippen LogP) is -0.488. The zero-order valence-corrected chi connectivity index (χ0v) is 9.57. The summed E-state index contributed by atoms with van der Waals surface area (Å²) in [6.07, 6.45) is 0.282. The minimum Gasteiger partial charge on any atom is -0.411 e. The molecule has 1 aromatic rings. The molecule has 0 bridgehead atoms. The van der Waals surface area contributed by atoms with Gasteiger partial charge in [-0.15, -0.1) is 0 Å². The summed E-state index contributed by atoms with van der Waals surface area (Å²) in [7, 11) is 0. The Balaban J connectivity index is 2.53. The van der Waals surface area contributed by atoms with Gasteiger partial charge in [0, 0.05) is 24.4 Å². The van der Waals surface area contributed by atoms with Crippen molar-refractivity contribution in [1.82, 2.24) is 5.16 Å². The van der Waals surface area contributed by atoms with Gasteiger partial charge in [-0.3, -0.25) is 4.63 Å². The molecule has 9 heteroatoms. The molecule has 0 saturated heterocycles. The summed E-state index contributed by atoms with van der Waals surface area (Å²) in [5, 5.41) is 48.9. The number of rotatable bonds is 2. The highest BCUT2D eigenvalue weighted by Crippen LogP contribution is 2.34. The molecule has 2 rings (SSSR count). The maximum atomic E-state index is 11.3. The number of nitrogens with zero attached hydrogens (tertiary/aromatic N) is 4. The first-order valence-corrected chi connectivity index (χ1v) is 5.23. The van der Waals surface area contributed by atoms with E-state index in [-0.39, 0.29) is 47.0 Å². The summed E-state index contributed by atoms with van der Waals surface area (Å²) < 4.78 is 4.43. The molecule has 0 spiro atoms. The number of hydrogen-bond acceptors (Lipinski definition) is 8. The van der Waals surface area contributed by atoms with Gasteiger partial charge in [-0.25, -0.2) is 0 Å². The van der Waals surface area contributed by atoms with Gasteiger partial charge in [0.15, 0.2) is 5.60 Å².